The van der Waals surface area contributed by atoms with E-state index < -0.39 is 78.5 Å². The fourth-order valence-corrected chi connectivity index (χ4v) is 2.13. The Kier molecular flexibility index (Phi) is 10.3. The molecule has 29 heavy (non-hydrogen) atoms. The molecule has 13 heteroatoms. The quantitative estimate of drug-likeness (QED) is 0.170. The highest BCUT2D eigenvalue weighted by Crippen LogP contribution is 2.05. The first-order valence-corrected chi connectivity index (χ1v) is 8.65. The molecule has 0 aromatic rings. The molecule has 4 unspecified atom stereocenters. The van der Waals surface area contributed by atoms with Crippen molar-refractivity contribution >= 4 is 35.6 Å². The van der Waals surface area contributed by atoms with Gasteiger partial charge in [0.15, 0.2) is 0 Å². The molecule has 13 nitrogen and oxygen atoms in total. The largest absolute Gasteiger partial charge is 0.481 e. The number of hydrogen-bond acceptors (Lipinski definition) is 7. The number of carboxylic acid groups (broad SMARTS) is 2. The first-order chi connectivity index (χ1) is 13.3. The minimum absolute atomic E-state index is 0.488. The second-order valence-electron chi connectivity index (χ2n) is 6.73. The van der Waals surface area contributed by atoms with Crippen LogP contribution in [0.25, 0.3) is 0 Å². The summed E-state index contributed by atoms with van der Waals surface area (Å²) in [5.41, 5.74) is 10.4. The maximum absolute atomic E-state index is 12.5. The van der Waals surface area contributed by atoms with Crippen molar-refractivity contribution in [2.75, 3.05) is 0 Å². The van der Waals surface area contributed by atoms with Crippen LogP contribution in [0.2, 0.25) is 0 Å². The van der Waals surface area contributed by atoms with E-state index in [1.54, 1.807) is 13.8 Å². The lowest BCUT2D eigenvalue weighted by molar-refractivity contribution is -0.143. The number of nitrogens with two attached hydrogens (primary N) is 2. The number of carbonyl (C=O) groups is 6. The van der Waals surface area contributed by atoms with Crippen LogP contribution in [0.15, 0.2) is 0 Å². The average molecular weight is 417 g/mol. The smallest absolute Gasteiger partial charge is 0.325 e. The van der Waals surface area contributed by atoms with Crippen LogP contribution in [0.4, 0.5) is 0 Å². The lowest BCUT2D eigenvalue weighted by atomic mass is 10.0. The minimum atomic E-state index is -1.59. The predicted octanol–water partition coefficient (Wildman–Crippen LogP) is -3.12. The van der Waals surface area contributed by atoms with Crippen molar-refractivity contribution in [1.82, 2.24) is 16.0 Å². The van der Waals surface area contributed by atoms with E-state index in [0.717, 1.165) is 0 Å². The zero-order valence-electron chi connectivity index (χ0n) is 16.3. The third-order valence-electron chi connectivity index (χ3n) is 3.75. The lowest BCUT2D eigenvalue weighted by Crippen LogP contribution is -2.58. The number of hydrogen-bond donors (Lipinski definition) is 7. The summed E-state index contributed by atoms with van der Waals surface area (Å²) in [5, 5.41) is 24.5. The summed E-state index contributed by atoms with van der Waals surface area (Å²) in [6.07, 6.45) is -1.34. The summed E-state index contributed by atoms with van der Waals surface area (Å²) in [5.74, 6) is -6.83. The van der Waals surface area contributed by atoms with Crippen molar-refractivity contribution in [3.8, 4) is 0 Å². The second kappa shape index (κ2) is 11.6. The number of amides is 4. The van der Waals surface area contributed by atoms with E-state index in [9.17, 15) is 28.8 Å². The molecule has 0 saturated carbocycles. The van der Waals surface area contributed by atoms with E-state index in [0.29, 0.717) is 0 Å². The van der Waals surface area contributed by atoms with E-state index in [2.05, 4.69) is 16.0 Å². The summed E-state index contributed by atoms with van der Waals surface area (Å²) in [7, 11) is 0. The highest BCUT2D eigenvalue weighted by molar-refractivity contribution is 5.96. The molecule has 4 amide bonds. The van der Waals surface area contributed by atoms with Crippen molar-refractivity contribution in [2.45, 2.75) is 57.8 Å². The Bertz CT molecular complexity index is 666. The molecule has 0 aromatic heterocycles. The van der Waals surface area contributed by atoms with E-state index >= 15 is 0 Å². The maximum atomic E-state index is 12.5. The molecule has 0 spiro atoms. The third-order valence-corrected chi connectivity index (χ3v) is 3.75. The van der Waals surface area contributed by atoms with Crippen molar-refractivity contribution in [3.63, 3.8) is 0 Å². The van der Waals surface area contributed by atoms with Gasteiger partial charge in [0.2, 0.25) is 23.6 Å². The van der Waals surface area contributed by atoms with Gasteiger partial charge in [-0.15, -0.1) is 0 Å². The topological polar surface area (TPSA) is 231 Å². The molecule has 0 bridgehead atoms. The molecule has 0 aliphatic rings. The van der Waals surface area contributed by atoms with Crippen molar-refractivity contribution in [2.24, 2.45) is 17.4 Å². The monoisotopic (exact) mass is 417 g/mol. The SMILES string of the molecule is CC(NC(=O)C(NC(=O)C(CC(=O)O)NC(=O)C(N)CC(N)=O)C(C)C)C(=O)O. The van der Waals surface area contributed by atoms with Gasteiger partial charge in [-0.1, -0.05) is 13.8 Å². The second-order valence-corrected chi connectivity index (χ2v) is 6.73. The molecule has 9 N–H and O–H groups in total. The van der Waals surface area contributed by atoms with Gasteiger partial charge in [0.25, 0.3) is 0 Å². The standard InChI is InChI=1S/C16H27N5O8/c1-6(2)12(15(27)19-7(3)16(28)29)21-14(26)9(5-11(23)24)20-13(25)8(17)4-10(18)22/h6-9,12H,4-5,17H2,1-3H3,(H2,18,22)(H,19,27)(H,20,25)(H,21,26)(H,23,24)(H,28,29). The summed E-state index contributed by atoms with van der Waals surface area (Å²) >= 11 is 0. The van der Waals surface area contributed by atoms with Crippen LogP contribution in [0.3, 0.4) is 0 Å². The van der Waals surface area contributed by atoms with Gasteiger partial charge >= 0.3 is 11.9 Å². The highest BCUT2D eigenvalue weighted by Gasteiger charge is 2.32. The average Bonchev–Trinajstić information content (AvgIpc) is 2.56. The zero-order chi connectivity index (χ0) is 22.9. The van der Waals surface area contributed by atoms with E-state index in [4.69, 9.17) is 21.7 Å². The third kappa shape index (κ3) is 9.51. The van der Waals surface area contributed by atoms with Gasteiger partial charge in [-0.25, -0.2) is 0 Å². The normalized spacial score (nSPS) is 14.8. The molecule has 0 saturated heterocycles. The van der Waals surface area contributed by atoms with E-state index in [1.807, 2.05) is 0 Å². The van der Waals surface area contributed by atoms with Gasteiger partial charge < -0.3 is 37.6 Å². The lowest BCUT2D eigenvalue weighted by Gasteiger charge is -2.26. The number of aliphatic carboxylic acids is 2. The Labute approximate surface area is 166 Å². The number of rotatable bonds is 12. The maximum Gasteiger partial charge on any atom is 0.325 e. The van der Waals surface area contributed by atoms with Crippen molar-refractivity contribution < 1.29 is 39.0 Å². The molecular weight excluding hydrogens is 390 g/mol. The Hall–Kier alpha value is -3.22. The molecule has 0 heterocycles. The Morgan fingerprint density at radius 1 is 0.828 bits per heavy atom. The van der Waals surface area contributed by atoms with Crippen molar-refractivity contribution in [3.05, 3.63) is 0 Å². The first-order valence-electron chi connectivity index (χ1n) is 8.65. The Morgan fingerprint density at radius 3 is 1.79 bits per heavy atom. The summed E-state index contributed by atoms with van der Waals surface area (Å²) in [6, 6.07) is -5.40. The summed E-state index contributed by atoms with van der Waals surface area (Å²) in [6.45, 7) is 4.38. The summed E-state index contributed by atoms with van der Waals surface area (Å²) in [4.78, 5) is 69.5. The van der Waals surface area contributed by atoms with Crippen LogP contribution in [0.5, 0.6) is 0 Å². The van der Waals surface area contributed by atoms with Gasteiger partial charge in [0, 0.05) is 0 Å². The van der Waals surface area contributed by atoms with Gasteiger partial charge in [-0.3, -0.25) is 28.8 Å². The number of carboxylic acids is 2. The molecule has 4 atom stereocenters. The molecular formula is C16H27N5O8. The van der Waals surface area contributed by atoms with Crippen LogP contribution in [-0.2, 0) is 28.8 Å². The number of primary amides is 1. The highest BCUT2D eigenvalue weighted by atomic mass is 16.4. The van der Waals surface area contributed by atoms with Gasteiger partial charge in [0.05, 0.1) is 18.9 Å². The van der Waals surface area contributed by atoms with Crippen LogP contribution >= 0.6 is 0 Å². The summed E-state index contributed by atoms with van der Waals surface area (Å²) < 4.78 is 0. The Morgan fingerprint density at radius 2 is 1.38 bits per heavy atom. The molecule has 0 fully saturated rings. The first kappa shape index (κ1) is 25.8. The Balaban J connectivity index is 5.32. The molecule has 0 aromatic carbocycles. The molecule has 0 rings (SSSR count). The fraction of sp³-hybridized carbons (Fsp3) is 0.625. The molecule has 0 aliphatic carbocycles. The van der Waals surface area contributed by atoms with Gasteiger partial charge in [0.1, 0.15) is 18.1 Å². The van der Waals surface area contributed by atoms with Gasteiger partial charge in [-0.05, 0) is 12.8 Å². The van der Waals surface area contributed by atoms with E-state index in [-0.39, 0.29) is 0 Å². The molecule has 0 radical (unpaired) electrons. The fourth-order valence-electron chi connectivity index (χ4n) is 2.13. The van der Waals surface area contributed by atoms with Gasteiger partial charge in [-0.2, -0.15) is 0 Å². The minimum Gasteiger partial charge on any atom is -0.481 e. The number of carbonyl (C=O) groups excluding carboxylic acids is 4. The molecule has 0 aliphatic heterocycles. The number of nitrogens with one attached hydrogen (secondary N) is 3. The molecule has 164 valence electrons. The van der Waals surface area contributed by atoms with Crippen LogP contribution < -0.4 is 27.4 Å². The van der Waals surface area contributed by atoms with Crippen LogP contribution in [0, 0.1) is 5.92 Å². The van der Waals surface area contributed by atoms with Crippen LogP contribution in [0.1, 0.15) is 33.6 Å². The zero-order valence-corrected chi connectivity index (χ0v) is 16.3. The predicted molar refractivity (Wildman–Crippen MR) is 98.0 cm³/mol. The van der Waals surface area contributed by atoms with Crippen molar-refractivity contribution in [1.29, 1.82) is 0 Å². The van der Waals surface area contributed by atoms with E-state index in [1.165, 1.54) is 6.92 Å². The van der Waals surface area contributed by atoms with Crippen LogP contribution in [-0.4, -0.2) is 69.9 Å².